The molecule has 0 N–H and O–H groups in total. The minimum Gasteiger partial charge on any atom is -0.496 e. The first-order chi connectivity index (χ1) is 8.12. The maximum Gasteiger partial charge on any atom is 0.325 e. The third kappa shape index (κ3) is 3.22. The maximum atomic E-state index is 11.1. The van der Waals surface area contributed by atoms with Gasteiger partial charge in [-0.1, -0.05) is 19.1 Å². The molecule has 1 amide bonds. The van der Waals surface area contributed by atoms with E-state index >= 15 is 0 Å². The van der Waals surface area contributed by atoms with E-state index in [9.17, 15) is 4.79 Å². The summed E-state index contributed by atoms with van der Waals surface area (Å²) in [6.07, 6.45) is 0.868. The minimum atomic E-state index is -0.529. The Morgan fingerprint density at radius 3 is 2.76 bits per heavy atom. The van der Waals surface area contributed by atoms with E-state index in [0.29, 0.717) is 6.54 Å². The predicted octanol–water partition coefficient (Wildman–Crippen LogP) is 1.74. The Labute approximate surface area is 101 Å². The molecule has 1 rings (SSSR count). The molecule has 0 fully saturated rings. The summed E-state index contributed by atoms with van der Waals surface area (Å²) in [5.41, 5.74) is 2.09. The summed E-state index contributed by atoms with van der Waals surface area (Å²) in [6, 6.07) is 7.39. The van der Waals surface area contributed by atoms with Crippen LogP contribution in [0.3, 0.4) is 0 Å². The number of carbonyl (C=O) groups excluding carboxylic acids is 1. The van der Waals surface area contributed by atoms with Gasteiger partial charge >= 0.3 is 5.91 Å². The number of rotatable bonds is 4. The van der Waals surface area contributed by atoms with Crippen molar-refractivity contribution in [1.82, 2.24) is 4.90 Å². The van der Waals surface area contributed by atoms with E-state index in [1.54, 1.807) is 20.2 Å². The third-order valence-corrected chi connectivity index (χ3v) is 2.59. The van der Waals surface area contributed by atoms with Gasteiger partial charge in [0.05, 0.1) is 7.11 Å². The number of hydrogen-bond donors (Lipinski definition) is 0. The van der Waals surface area contributed by atoms with Crippen molar-refractivity contribution < 1.29 is 9.53 Å². The van der Waals surface area contributed by atoms with Crippen molar-refractivity contribution in [3.63, 3.8) is 0 Å². The lowest BCUT2D eigenvalue weighted by Gasteiger charge is -2.15. The average molecular weight is 232 g/mol. The summed E-state index contributed by atoms with van der Waals surface area (Å²) >= 11 is 0. The molecule has 0 aromatic heterocycles. The van der Waals surface area contributed by atoms with Gasteiger partial charge in [0, 0.05) is 13.6 Å². The second-order valence-corrected chi connectivity index (χ2v) is 3.77. The normalized spacial score (nSPS) is 9.53. The summed E-state index contributed by atoms with van der Waals surface area (Å²) in [5, 5.41) is 8.50. The molecule has 0 radical (unpaired) electrons. The number of ether oxygens (including phenoxy) is 1. The number of methoxy groups -OCH3 is 1. The van der Waals surface area contributed by atoms with Gasteiger partial charge in [0.15, 0.2) is 6.07 Å². The van der Waals surface area contributed by atoms with Crippen molar-refractivity contribution in [1.29, 1.82) is 5.26 Å². The Bertz CT molecular complexity index is 449. The second kappa shape index (κ2) is 5.90. The van der Waals surface area contributed by atoms with Gasteiger partial charge in [-0.3, -0.25) is 4.79 Å². The molecule has 90 valence electrons. The standard InChI is InChI=1S/C13H16N2O2/c1-4-11-7-10(5-6-12(11)17-3)9-15(2)13(16)8-14/h5-7H,4,9H2,1-3H3. The number of amides is 1. The largest absolute Gasteiger partial charge is 0.496 e. The number of nitrogens with zero attached hydrogens (tertiary/aromatic N) is 2. The number of nitriles is 1. The van der Waals surface area contributed by atoms with E-state index in [0.717, 1.165) is 23.3 Å². The van der Waals surface area contributed by atoms with E-state index in [-0.39, 0.29) is 0 Å². The highest BCUT2D eigenvalue weighted by atomic mass is 16.5. The molecule has 0 saturated carbocycles. The van der Waals surface area contributed by atoms with E-state index in [1.807, 2.05) is 25.1 Å². The average Bonchev–Trinajstić information content (AvgIpc) is 2.37. The summed E-state index contributed by atoms with van der Waals surface area (Å²) in [4.78, 5) is 12.5. The van der Waals surface area contributed by atoms with Crippen LogP contribution in [0.2, 0.25) is 0 Å². The topological polar surface area (TPSA) is 53.3 Å². The van der Waals surface area contributed by atoms with Crippen LogP contribution in [0.1, 0.15) is 18.1 Å². The first-order valence-corrected chi connectivity index (χ1v) is 5.43. The Morgan fingerprint density at radius 2 is 2.24 bits per heavy atom. The molecule has 0 spiro atoms. The molecule has 0 aliphatic rings. The summed E-state index contributed by atoms with van der Waals surface area (Å²) in [6.45, 7) is 2.48. The van der Waals surface area contributed by atoms with E-state index < -0.39 is 5.91 Å². The van der Waals surface area contributed by atoms with Crippen LogP contribution in [0.5, 0.6) is 5.75 Å². The third-order valence-electron chi connectivity index (χ3n) is 2.59. The van der Waals surface area contributed by atoms with Crippen LogP contribution in [0.25, 0.3) is 0 Å². The number of aryl methyl sites for hydroxylation is 1. The highest BCUT2D eigenvalue weighted by molar-refractivity contribution is 5.90. The first-order valence-electron chi connectivity index (χ1n) is 5.43. The van der Waals surface area contributed by atoms with E-state index in [2.05, 4.69) is 0 Å². The first kappa shape index (κ1) is 13.0. The smallest absolute Gasteiger partial charge is 0.325 e. The van der Waals surface area contributed by atoms with Gasteiger partial charge in [-0.15, -0.1) is 0 Å². The summed E-state index contributed by atoms with van der Waals surface area (Å²) < 4.78 is 5.23. The zero-order valence-electron chi connectivity index (χ0n) is 10.4. The lowest BCUT2D eigenvalue weighted by molar-refractivity contribution is -0.124. The molecule has 1 aromatic rings. The van der Waals surface area contributed by atoms with E-state index in [4.69, 9.17) is 10.00 Å². The zero-order chi connectivity index (χ0) is 12.8. The Kier molecular flexibility index (Phi) is 4.53. The number of hydrogen-bond acceptors (Lipinski definition) is 3. The van der Waals surface area contributed by atoms with Crippen LogP contribution in [0, 0.1) is 11.3 Å². The fourth-order valence-electron chi connectivity index (χ4n) is 1.64. The molecule has 0 saturated heterocycles. The highest BCUT2D eigenvalue weighted by Gasteiger charge is 2.09. The van der Waals surface area contributed by atoms with Crippen molar-refractivity contribution in [3.05, 3.63) is 29.3 Å². The predicted molar refractivity (Wildman–Crippen MR) is 64.5 cm³/mol. The quantitative estimate of drug-likeness (QED) is 0.743. The van der Waals surface area contributed by atoms with Gasteiger partial charge in [0.25, 0.3) is 0 Å². The van der Waals surface area contributed by atoms with Gasteiger partial charge in [0.2, 0.25) is 0 Å². The van der Waals surface area contributed by atoms with Crippen LogP contribution in [-0.2, 0) is 17.8 Å². The van der Waals surface area contributed by atoms with Gasteiger partial charge in [0.1, 0.15) is 5.75 Å². The lowest BCUT2D eigenvalue weighted by Crippen LogP contribution is -2.24. The number of carbonyl (C=O) groups is 1. The number of benzene rings is 1. The molecule has 0 heterocycles. The van der Waals surface area contributed by atoms with Gasteiger partial charge in [-0.25, -0.2) is 0 Å². The van der Waals surface area contributed by atoms with Gasteiger partial charge in [-0.05, 0) is 23.6 Å². The van der Waals surface area contributed by atoms with Crippen LogP contribution < -0.4 is 4.74 Å². The maximum absolute atomic E-state index is 11.1. The fourth-order valence-corrected chi connectivity index (χ4v) is 1.64. The molecule has 1 aromatic carbocycles. The molecule has 0 aliphatic carbocycles. The molecule has 4 nitrogen and oxygen atoms in total. The Morgan fingerprint density at radius 1 is 1.53 bits per heavy atom. The molecular formula is C13H16N2O2. The van der Waals surface area contributed by atoms with Crippen LogP contribution in [0.4, 0.5) is 0 Å². The monoisotopic (exact) mass is 232 g/mol. The lowest BCUT2D eigenvalue weighted by atomic mass is 10.1. The molecule has 17 heavy (non-hydrogen) atoms. The van der Waals surface area contributed by atoms with Crippen molar-refractivity contribution >= 4 is 5.91 Å². The Hall–Kier alpha value is -2.02. The molecule has 0 unspecified atom stereocenters. The van der Waals surface area contributed by atoms with Crippen molar-refractivity contribution in [2.45, 2.75) is 19.9 Å². The minimum absolute atomic E-state index is 0.434. The van der Waals surface area contributed by atoms with Gasteiger partial charge in [-0.2, -0.15) is 5.26 Å². The summed E-state index contributed by atoms with van der Waals surface area (Å²) in [7, 11) is 3.25. The van der Waals surface area contributed by atoms with Crippen molar-refractivity contribution in [2.24, 2.45) is 0 Å². The molecule has 0 aliphatic heterocycles. The molecular weight excluding hydrogens is 216 g/mol. The molecule has 0 bridgehead atoms. The van der Waals surface area contributed by atoms with Crippen molar-refractivity contribution in [2.75, 3.05) is 14.2 Å². The van der Waals surface area contributed by atoms with Crippen LogP contribution >= 0.6 is 0 Å². The fraction of sp³-hybridized carbons (Fsp3) is 0.385. The zero-order valence-corrected chi connectivity index (χ0v) is 10.4. The SMILES string of the molecule is CCc1cc(CN(C)C(=O)C#N)ccc1OC. The highest BCUT2D eigenvalue weighted by Crippen LogP contribution is 2.20. The Balaban J connectivity index is 2.87. The second-order valence-electron chi connectivity index (χ2n) is 3.77. The van der Waals surface area contributed by atoms with Crippen molar-refractivity contribution in [3.8, 4) is 11.8 Å². The van der Waals surface area contributed by atoms with E-state index in [1.165, 1.54) is 4.90 Å². The van der Waals surface area contributed by atoms with Crippen LogP contribution in [0.15, 0.2) is 18.2 Å². The molecule has 4 heteroatoms. The van der Waals surface area contributed by atoms with Crippen LogP contribution in [-0.4, -0.2) is 25.0 Å². The molecule has 0 atom stereocenters. The van der Waals surface area contributed by atoms with Gasteiger partial charge < -0.3 is 9.64 Å². The summed E-state index contributed by atoms with van der Waals surface area (Å²) in [5.74, 6) is 0.323.